The maximum absolute atomic E-state index is 6.64. The van der Waals surface area contributed by atoms with Crippen molar-refractivity contribution >= 4 is 35.0 Å². The number of hydrogen-bond acceptors (Lipinski definition) is 5. The van der Waals surface area contributed by atoms with Gasteiger partial charge in [0, 0.05) is 21.1 Å². The van der Waals surface area contributed by atoms with Crippen molar-refractivity contribution in [2.45, 2.75) is 17.0 Å². The topological polar surface area (TPSA) is 52.0 Å². The van der Waals surface area contributed by atoms with Gasteiger partial charge in [0.05, 0.1) is 5.70 Å². The summed E-state index contributed by atoms with van der Waals surface area (Å²) in [5.41, 5.74) is 5.23. The van der Waals surface area contributed by atoms with Gasteiger partial charge in [0.2, 0.25) is 5.95 Å². The van der Waals surface area contributed by atoms with E-state index in [9.17, 15) is 0 Å². The summed E-state index contributed by atoms with van der Waals surface area (Å²) in [6.07, 6.45) is 3.37. The van der Waals surface area contributed by atoms with Gasteiger partial charge in [-0.3, -0.25) is 0 Å². The molecule has 1 aromatic heterocycles. The Morgan fingerprint density at radius 3 is 2.66 bits per heavy atom. The highest BCUT2D eigenvalue weighted by molar-refractivity contribution is 7.98. The molecule has 0 radical (unpaired) electrons. The molecule has 6 rings (SSSR count). The maximum Gasteiger partial charge on any atom is 0.226 e. The van der Waals surface area contributed by atoms with Crippen LogP contribution in [0.4, 0.5) is 5.95 Å². The molecule has 0 bridgehead atoms. The SMILES string of the molecule is CSc1ccc([C@@H]2Oc3ccccc3C3=C2[C@@H](c2cccc(Cl)c2)n2ncnc2N3)cc1. The average molecular weight is 459 g/mol. The van der Waals surface area contributed by atoms with Crippen LogP contribution < -0.4 is 10.1 Å². The summed E-state index contributed by atoms with van der Waals surface area (Å²) >= 11 is 8.12. The lowest BCUT2D eigenvalue weighted by Crippen LogP contribution is -2.32. The van der Waals surface area contributed by atoms with Gasteiger partial charge in [0.25, 0.3) is 0 Å². The van der Waals surface area contributed by atoms with E-state index < -0.39 is 0 Å². The highest BCUT2D eigenvalue weighted by atomic mass is 35.5. The number of para-hydroxylation sites is 1. The van der Waals surface area contributed by atoms with E-state index >= 15 is 0 Å². The molecule has 0 fully saturated rings. The van der Waals surface area contributed by atoms with Gasteiger partial charge >= 0.3 is 0 Å². The third-order valence-electron chi connectivity index (χ3n) is 5.90. The van der Waals surface area contributed by atoms with Gasteiger partial charge in [-0.15, -0.1) is 11.8 Å². The Bertz CT molecular complexity index is 1350. The molecule has 2 atom stereocenters. The largest absolute Gasteiger partial charge is 0.480 e. The first-order valence-corrected chi connectivity index (χ1v) is 11.9. The molecule has 7 heteroatoms. The predicted molar refractivity (Wildman–Crippen MR) is 128 cm³/mol. The zero-order chi connectivity index (χ0) is 21.7. The van der Waals surface area contributed by atoms with Gasteiger partial charge in [0.15, 0.2) is 0 Å². The second-order valence-corrected chi connectivity index (χ2v) is 9.02. The van der Waals surface area contributed by atoms with Crippen LogP contribution in [-0.4, -0.2) is 21.0 Å². The van der Waals surface area contributed by atoms with Crippen LogP contribution in [-0.2, 0) is 0 Å². The van der Waals surface area contributed by atoms with Crippen LogP contribution in [0.15, 0.2) is 89.6 Å². The summed E-state index contributed by atoms with van der Waals surface area (Å²) in [7, 11) is 0. The van der Waals surface area contributed by atoms with Gasteiger partial charge in [-0.1, -0.05) is 48.0 Å². The predicted octanol–water partition coefficient (Wildman–Crippen LogP) is 6.21. The lowest BCUT2D eigenvalue weighted by Gasteiger charge is -2.39. The smallest absolute Gasteiger partial charge is 0.226 e. The van der Waals surface area contributed by atoms with E-state index in [4.69, 9.17) is 16.3 Å². The number of halogens is 1. The van der Waals surface area contributed by atoms with E-state index in [0.717, 1.165) is 33.7 Å². The number of hydrogen-bond donors (Lipinski definition) is 1. The molecule has 3 heterocycles. The molecule has 3 aromatic carbocycles. The van der Waals surface area contributed by atoms with Crippen LogP contribution in [0, 0.1) is 0 Å². The van der Waals surface area contributed by atoms with Gasteiger partial charge in [-0.05, 0) is 53.8 Å². The summed E-state index contributed by atoms with van der Waals surface area (Å²) in [6.45, 7) is 0. The molecule has 0 aliphatic carbocycles. The van der Waals surface area contributed by atoms with E-state index in [0.29, 0.717) is 11.0 Å². The Balaban J connectivity index is 1.61. The molecule has 5 nitrogen and oxygen atoms in total. The fourth-order valence-electron chi connectivity index (χ4n) is 4.47. The Morgan fingerprint density at radius 2 is 1.84 bits per heavy atom. The number of rotatable bonds is 3. The van der Waals surface area contributed by atoms with Crippen molar-refractivity contribution in [3.63, 3.8) is 0 Å². The molecule has 0 saturated carbocycles. The Hall–Kier alpha value is -3.22. The number of nitrogens with zero attached hydrogens (tertiary/aromatic N) is 3. The van der Waals surface area contributed by atoms with Gasteiger partial charge < -0.3 is 10.1 Å². The van der Waals surface area contributed by atoms with Crippen LogP contribution in [0.3, 0.4) is 0 Å². The number of fused-ring (bicyclic) bond motifs is 3. The minimum atomic E-state index is -0.287. The molecule has 0 spiro atoms. The first kappa shape index (κ1) is 19.5. The minimum Gasteiger partial charge on any atom is -0.480 e. The van der Waals surface area contributed by atoms with Gasteiger partial charge in [-0.2, -0.15) is 10.1 Å². The monoisotopic (exact) mass is 458 g/mol. The summed E-state index contributed by atoms with van der Waals surface area (Å²) in [5.74, 6) is 1.54. The Morgan fingerprint density at radius 1 is 1.00 bits per heavy atom. The molecule has 0 unspecified atom stereocenters. The first-order chi connectivity index (χ1) is 15.7. The standard InChI is InChI=1S/C25H19ClN4OS/c1-32-18-11-9-15(10-12-18)24-21-22(19-7-2-3-8-20(19)31-24)29-25-27-14-28-30(25)23(21)16-5-4-6-17(26)13-16/h2-14,23-24H,1H3,(H,27,28,29)/t23-,24+/m1/s1. The summed E-state index contributed by atoms with van der Waals surface area (Å²) in [5, 5.41) is 8.76. The minimum absolute atomic E-state index is 0.207. The fourth-order valence-corrected chi connectivity index (χ4v) is 5.08. The Labute approximate surface area is 195 Å². The van der Waals surface area contributed by atoms with E-state index in [1.165, 1.54) is 4.90 Å². The van der Waals surface area contributed by atoms with Crippen LogP contribution in [0.5, 0.6) is 5.75 Å². The molecular weight excluding hydrogens is 440 g/mol. The van der Waals surface area contributed by atoms with Crippen molar-refractivity contribution in [2.75, 3.05) is 11.6 Å². The molecule has 158 valence electrons. The maximum atomic E-state index is 6.64. The third-order valence-corrected chi connectivity index (χ3v) is 6.88. The second-order valence-electron chi connectivity index (χ2n) is 7.71. The quantitative estimate of drug-likeness (QED) is 0.370. The number of anilines is 1. The highest BCUT2D eigenvalue weighted by Crippen LogP contribution is 2.50. The Kier molecular flexibility index (Phi) is 4.70. The van der Waals surface area contributed by atoms with Gasteiger partial charge in [0.1, 0.15) is 24.2 Å². The number of aromatic nitrogens is 3. The van der Waals surface area contributed by atoms with Crippen molar-refractivity contribution < 1.29 is 4.74 Å². The number of thioether (sulfide) groups is 1. The van der Waals surface area contributed by atoms with E-state index in [1.54, 1.807) is 18.1 Å². The summed E-state index contributed by atoms with van der Waals surface area (Å²) in [6, 6.07) is 24.4. The van der Waals surface area contributed by atoms with E-state index in [2.05, 4.69) is 58.1 Å². The van der Waals surface area contributed by atoms with Crippen molar-refractivity contribution in [1.29, 1.82) is 0 Å². The molecule has 1 N–H and O–H groups in total. The van der Waals surface area contributed by atoms with Crippen LogP contribution in [0.25, 0.3) is 5.70 Å². The van der Waals surface area contributed by atoms with Crippen LogP contribution in [0.2, 0.25) is 5.02 Å². The molecule has 2 aliphatic heterocycles. The van der Waals surface area contributed by atoms with Crippen molar-refractivity contribution in [1.82, 2.24) is 14.8 Å². The lowest BCUT2D eigenvalue weighted by molar-refractivity contribution is 0.223. The van der Waals surface area contributed by atoms with Crippen molar-refractivity contribution in [3.05, 3.63) is 106 Å². The molecule has 32 heavy (non-hydrogen) atoms. The third kappa shape index (κ3) is 3.10. The molecule has 0 saturated heterocycles. The first-order valence-electron chi connectivity index (χ1n) is 10.3. The molecular formula is C25H19ClN4OS. The summed E-state index contributed by atoms with van der Waals surface area (Å²) in [4.78, 5) is 5.68. The van der Waals surface area contributed by atoms with Gasteiger partial charge in [-0.25, -0.2) is 4.68 Å². The number of nitrogens with one attached hydrogen (secondary N) is 1. The zero-order valence-electron chi connectivity index (χ0n) is 17.2. The fraction of sp³-hybridized carbons (Fsp3) is 0.120. The normalized spacial score (nSPS) is 18.8. The highest BCUT2D eigenvalue weighted by Gasteiger charge is 2.40. The van der Waals surface area contributed by atoms with E-state index in [-0.39, 0.29) is 12.1 Å². The molecule has 4 aromatic rings. The van der Waals surface area contributed by atoms with Crippen molar-refractivity contribution in [3.8, 4) is 5.75 Å². The van der Waals surface area contributed by atoms with E-state index in [1.807, 2.05) is 41.1 Å². The van der Waals surface area contributed by atoms with Crippen molar-refractivity contribution in [2.24, 2.45) is 0 Å². The number of benzene rings is 3. The zero-order valence-corrected chi connectivity index (χ0v) is 18.8. The van der Waals surface area contributed by atoms with Crippen LogP contribution in [0.1, 0.15) is 28.8 Å². The lowest BCUT2D eigenvalue weighted by atomic mass is 9.84. The second kappa shape index (κ2) is 7.73. The molecule has 2 aliphatic rings. The van der Waals surface area contributed by atoms with Crippen LogP contribution >= 0.6 is 23.4 Å². The molecule has 0 amide bonds. The number of ether oxygens (including phenoxy) is 1. The average Bonchev–Trinajstić information content (AvgIpc) is 3.30. The summed E-state index contributed by atoms with van der Waals surface area (Å²) < 4.78 is 8.54.